The number of hydrogen-bond donors (Lipinski definition) is 1. The zero-order valence-corrected chi connectivity index (χ0v) is 9.33. The van der Waals surface area contributed by atoms with E-state index in [1.54, 1.807) is 0 Å². The topological polar surface area (TPSA) is 20.2 Å². The highest BCUT2D eigenvalue weighted by atomic mass is 16.3. The van der Waals surface area contributed by atoms with Crippen molar-refractivity contribution in [2.45, 2.75) is 39.7 Å². The van der Waals surface area contributed by atoms with Crippen molar-refractivity contribution in [2.75, 3.05) is 0 Å². The van der Waals surface area contributed by atoms with Crippen LogP contribution in [0.25, 0.3) is 0 Å². The average Bonchev–Trinajstić information content (AvgIpc) is 2.18. The van der Waals surface area contributed by atoms with E-state index < -0.39 is 0 Å². The van der Waals surface area contributed by atoms with Gasteiger partial charge in [-0.05, 0) is 24.8 Å². The van der Waals surface area contributed by atoms with Crippen LogP contribution in [0.15, 0.2) is 24.3 Å². The van der Waals surface area contributed by atoms with Crippen molar-refractivity contribution in [1.82, 2.24) is 0 Å². The van der Waals surface area contributed by atoms with Crippen molar-refractivity contribution < 1.29 is 5.11 Å². The van der Waals surface area contributed by atoms with Crippen LogP contribution in [0.5, 0.6) is 0 Å². The first kappa shape index (κ1) is 11.3. The van der Waals surface area contributed by atoms with E-state index in [-0.39, 0.29) is 6.10 Å². The Kier molecular flexibility index (Phi) is 4.15. The standard InChI is InChI=1S/C13H20O/c1-4-10(2)9-13(14)12-7-5-11(3)6-8-12/h5-8,10,13-14H,4,9H2,1-3H3. The molecule has 0 aliphatic heterocycles. The van der Waals surface area contributed by atoms with Gasteiger partial charge in [0, 0.05) is 0 Å². The molecule has 1 N–H and O–H groups in total. The quantitative estimate of drug-likeness (QED) is 0.774. The van der Waals surface area contributed by atoms with Crippen LogP contribution in [0.3, 0.4) is 0 Å². The molecule has 78 valence electrons. The second kappa shape index (κ2) is 5.16. The van der Waals surface area contributed by atoms with E-state index in [1.807, 2.05) is 12.1 Å². The molecule has 14 heavy (non-hydrogen) atoms. The molecule has 1 heteroatoms. The van der Waals surface area contributed by atoms with E-state index in [2.05, 4.69) is 32.9 Å². The van der Waals surface area contributed by atoms with Gasteiger partial charge in [-0.15, -0.1) is 0 Å². The maximum Gasteiger partial charge on any atom is 0.0792 e. The molecule has 0 saturated carbocycles. The van der Waals surface area contributed by atoms with Gasteiger partial charge in [-0.1, -0.05) is 50.1 Å². The largest absolute Gasteiger partial charge is 0.388 e. The van der Waals surface area contributed by atoms with Crippen LogP contribution >= 0.6 is 0 Å². The molecule has 0 radical (unpaired) electrons. The monoisotopic (exact) mass is 192 g/mol. The zero-order valence-electron chi connectivity index (χ0n) is 9.33. The number of hydrogen-bond acceptors (Lipinski definition) is 1. The first-order valence-corrected chi connectivity index (χ1v) is 5.38. The average molecular weight is 192 g/mol. The zero-order chi connectivity index (χ0) is 10.6. The lowest BCUT2D eigenvalue weighted by atomic mass is 9.96. The van der Waals surface area contributed by atoms with Crippen molar-refractivity contribution in [3.05, 3.63) is 35.4 Å². The Labute approximate surface area is 86.8 Å². The van der Waals surface area contributed by atoms with Crippen LogP contribution in [0, 0.1) is 12.8 Å². The molecule has 0 saturated heterocycles. The first-order valence-electron chi connectivity index (χ1n) is 5.38. The highest BCUT2D eigenvalue weighted by Gasteiger charge is 2.10. The van der Waals surface area contributed by atoms with Gasteiger partial charge >= 0.3 is 0 Å². The number of aliphatic hydroxyl groups is 1. The second-order valence-corrected chi connectivity index (χ2v) is 4.18. The van der Waals surface area contributed by atoms with E-state index in [0.29, 0.717) is 5.92 Å². The molecule has 2 atom stereocenters. The summed E-state index contributed by atoms with van der Waals surface area (Å²) in [5.74, 6) is 0.589. The summed E-state index contributed by atoms with van der Waals surface area (Å²) in [6.07, 6.45) is 1.69. The van der Waals surface area contributed by atoms with Gasteiger partial charge in [0.25, 0.3) is 0 Å². The van der Waals surface area contributed by atoms with Gasteiger partial charge in [-0.2, -0.15) is 0 Å². The summed E-state index contributed by atoms with van der Waals surface area (Å²) >= 11 is 0. The van der Waals surface area contributed by atoms with Gasteiger partial charge in [0.2, 0.25) is 0 Å². The van der Waals surface area contributed by atoms with Crippen LogP contribution in [-0.2, 0) is 0 Å². The van der Waals surface area contributed by atoms with Crippen molar-refractivity contribution in [1.29, 1.82) is 0 Å². The fourth-order valence-electron chi connectivity index (χ4n) is 1.47. The summed E-state index contributed by atoms with van der Waals surface area (Å²) in [5.41, 5.74) is 2.28. The highest BCUT2D eigenvalue weighted by Crippen LogP contribution is 2.22. The summed E-state index contributed by atoms with van der Waals surface area (Å²) in [4.78, 5) is 0. The maximum atomic E-state index is 9.91. The fraction of sp³-hybridized carbons (Fsp3) is 0.538. The molecular formula is C13H20O. The van der Waals surface area contributed by atoms with Crippen LogP contribution in [0.1, 0.15) is 43.9 Å². The third-order valence-corrected chi connectivity index (χ3v) is 2.78. The molecule has 0 spiro atoms. The summed E-state index contributed by atoms with van der Waals surface area (Å²) in [7, 11) is 0. The van der Waals surface area contributed by atoms with E-state index >= 15 is 0 Å². The van der Waals surface area contributed by atoms with E-state index in [9.17, 15) is 5.11 Å². The number of benzene rings is 1. The molecule has 0 heterocycles. The Morgan fingerprint density at radius 3 is 2.29 bits per heavy atom. The summed E-state index contributed by atoms with van der Waals surface area (Å²) in [6.45, 7) is 6.40. The number of aryl methyl sites for hydroxylation is 1. The molecule has 1 aromatic rings. The lowest BCUT2D eigenvalue weighted by Gasteiger charge is -2.15. The third kappa shape index (κ3) is 3.15. The van der Waals surface area contributed by atoms with E-state index in [0.717, 1.165) is 18.4 Å². The summed E-state index contributed by atoms with van der Waals surface area (Å²) in [5, 5.41) is 9.91. The normalized spacial score (nSPS) is 15.1. The van der Waals surface area contributed by atoms with E-state index in [1.165, 1.54) is 5.56 Å². The Hall–Kier alpha value is -0.820. The summed E-state index contributed by atoms with van der Waals surface area (Å²) in [6, 6.07) is 8.13. The highest BCUT2D eigenvalue weighted by molar-refractivity contribution is 5.22. The SMILES string of the molecule is CCC(C)CC(O)c1ccc(C)cc1. The van der Waals surface area contributed by atoms with Crippen molar-refractivity contribution in [3.8, 4) is 0 Å². The Morgan fingerprint density at radius 2 is 1.79 bits per heavy atom. The molecular weight excluding hydrogens is 172 g/mol. The Morgan fingerprint density at radius 1 is 1.21 bits per heavy atom. The molecule has 1 aromatic carbocycles. The van der Waals surface area contributed by atoms with Crippen LogP contribution in [0.2, 0.25) is 0 Å². The van der Waals surface area contributed by atoms with Crippen molar-refractivity contribution in [2.24, 2.45) is 5.92 Å². The molecule has 1 rings (SSSR count). The predicted molar refractivity (Wildman–Crippen MR) is 60.2 cm³/mol. The number of aliphatic hydroxyl groups excluding tert-OH is 1. The smallest absolute Gasteiger partial charge is 0.0792 e. The van der Waals surface area contributed by atoms with Gasteiger partial charge in [0.15, 0.2) is 0 Å². The first-order chi connectivity index (χ1) is 6.63. The van der Waals surface area contributed by atoms with E-state index in [4.69, 9.17) is 0 Å². The third-order valence-electron chi connectivity index (χ3n) is 2.78. The molecule has 0 fully saturated rings. The minimum atomic E-state index is -0.300. The lowest BCUT2D eigenvalue weighted by molar-refractivity contribution is 0.146. The predicted octanol–water partition coefficient (Wildman–Crippen LogP) is 3.46. The minimum Gasteiger partial charge on any atom is -0.388 e. The molecule has 0 aliphatic rings. The molecule has 2 unspecified atom stereocenters. The second-order valence-electron chi connectivity index (χ2n) is 4.18. The van der Waals surface area contributed by atoms with Crippen molar-refractivity contribution in [3.63, 3.8) is 0 Å². The van der Waals surface area contributed by atoms with Crippen LogP contribution in [0.4, 0.5) is 0 Å². The summed E-state index contributed by atoms with van der Waals surface area (Å²) < 4.78 is 0. The van der Waals surface area contributed by atoms with Crippen LogP contribution in [-0.4, -0.2) is 5.11 Å². The fourth-order valence-corrected chi connectivity index (χ4v) is 1.47. The number of rotatable bonds is 4. The van der Waals surface area contributed by atoms with Gasteiger partial charge in [0.1, 0.15) is 0 Å². The van der Waals surface area contributed by atoms with Gasteiger partial charge < -0.3 is 5.11 Å². The lowest BCUT2D eigenvalue weighted by Crippen LogP contribution is -2.03. The molecule has 0 amide bonds. The van der Waals surface area contributed by atoms with Crippen molar-refractivity contribution >= 4 is 0 Å². The van der Waals surface area contributed by atoms with Gasteiger partial charge in [-0.3, -0.25) is 0 Å². The van der Waals surface area contributed by atoms with Gasteiger partial charge in [0.05, 0.1) is 6.10 Å². The molecule has 0 aliphatic carbocycles. The Bertz CT molecular complexity index is 263. The van der Waals surface area contributed by atoms with Crippen LogP contribution < -0.4 is 0 Å². The molecule has 0 aromatic heterocycles. The molecule has 0 bridgehead atoms. The Balaban J connectivity index is 2.60. The molecule has 1 nitrogen and oxygen atoms in total. The maximum absolute atomic E-state index is 9.91. The minimum absolute atomic E-state index is 0.300. The van der Waals surface area contributed by atoms with Gasteiger partial charge in [-0.25, -0.2) is 0 Å².